The topological polar surface area (TPSA) is 36.7 Å². The number of piperazine rings is 1. The van der Waals surface area contributed by atoms with Crippen LogP contribution in [0.5, 0.6) is 0 Å². The molecule has 1 aromatic carbocycles. The van der Waals surface area contributed by atoms with Crippen molar-refractivity contribution < 1.29 is 9.21 Å². The lowest BCUT2D eigenvalue weighted by molar-refractivity contribution is 0.0364. The number of amides is 1. The minimum atomic E-state index is 0.00186. The molecule has 6 heteroatoms. The van der Waals surface area contributed by atoms with Crippen molar-refractivity contribution in [3.05, 3.63) is 47.2 Å². The minimum Gasteiger partial charge on any atom is -0.444 e. The predicted octanol–water partition coefficient (Wildman–Crippen LogP) is 4.39. The highest BCUT2D eigenvalue weighted by molar-refractivity contribution is 7.99. The number of rotatable bonds is 3. The molecule has 132 valence electrons. The summed E-state index contributed by atoms with van der Waals surface area (Å²) in [5, 5.41) is 1.43. The summed E-state index contributed by atoms with van der Waals surface area (Å²) in [5.74, 6) is 0.428. The Hall–Kier alpha value is -1.43. The molecule has 0 N–H and O–H groups in total. The van der Waals surface area contributed by atoms with Crippen molar-refractivity contribution in [1.29, 1.82) is 0 Å². The highest BCUT2D eigenvalue weighted by Crippen LogP contribution is 2.31. The number of benzene rings is 1. The molecule has 2 aromatic rings. The van der Waals surface area contributed by atoms with E-state index >= 15 is 0 Å². The smallest absolute Gasteiger partial charge is 0.289 e. The lowest BCUT2D eigenvalue weighted by Crippen LogP contribution is -2.56. The van der Waals surface area contributed by atoms with Crippen molar-refractivity contribution in [2.75, 3.05) is 19.6 Å². The van der Waals surface area contributed by atoms with E-state index in [2.05, 4.69) is 11.8 Å². The number of carbonyl (C=O) groups is 1. The van der Waals surface area contributed by atoms with Crippen LogP contribution in [0, 0.1) is 0 Å². The Bertz CT molecular complexity index is 761. The van der Waals surface area contributed by atoms with Crippen LogP contribution in [0.1, 0.15) is 30.3 Å². The zero-order chi connectivity index (χ0) is 17.4. The normalized spacial score (nSPS) is 23.7. The van der Waals surface area contributed by atoms with Crippen molar-refractivity contribution in [3.63, 3.8) is 0 Å². The van der Waals surface area contributed by atoms with Crippen LogP contribution < -0.4 is 0 Å². The summed E-state index contributed by atoms with van der Waals surface area (Å²) in [7, 11) is 0. The summed E-state index contributed by atoms with van der Waals surface area (Å²) in [6, 6.07) is 12.0. The SMILES string of the molecule is C[C@H]1CN2CCC[C@H]2CN1C(=O)c1ccc(Sc2ccc(Cl)cc2)o1. The van der Waals surface area contributed by atoms with Gasteiger partial charge in [0.1, 0.15) is 0 Å². The maximum Gasteiger partial charge on any atom is 0.289 e. The van der Waals surface area contributed by atoms with Crippen LogP contribution in [-0.2, 0) is 0 Å². The van der Waals surface area contributed by atoms with Gasteiger partial charge in [-0.25, -0.2) is 0 Å². The molecule has 3 heterocycles. The van der Waals surface area contributed by atoms with Gasteiger partial charge in [-0.05, 0) is 62.7 Å². The molecule has 0 spiro atoms. The first-order chi connectivity index (χ1) is 12.1. The lowest BCUT2D eigenvalue weighted by atomic mass is 10.1. The van der Waals surface area contributed by atoms with Gasteiger partial charge in [0.2, 0.25) is 0 Å². The van der Waals surface area contributed by atoms with Crippen LogP contribution in [0.15, 0.2) is 50.8 Å². The van der Waals surface area contributed by atoms with Crippen LogP contribution in [0.4, 0.5) is 0 Å². The fourth-order valence-electron chi connectivity index (χ4n) is 3.72. The largest absolute Gasteiger partial charge is 0.444 e. The summed E-state index contributed by atoms with van der Waals surface area (Å²) in [4.78, 5) is 18.4. The first-order valence-corrected chi connectivity index (χ1v) is 9.88. The highest BCUT2D eigenvalue weighted by Gasteiger charge is 2.37. The summed E-state index contributed by atoms with van der Waals surface area (Å²) < 4.78 is 5.82. The number of furan rings is 1. The standard InChI is InChI=1S/C19H21ClN2O2S/c1-13-11-21-10-2-3-15(21)12-22(13)19(23)17-8-9-18(24-17)25-16-6-4-14(20)5-7-16/h4-9,13,15H,2-3,10-12H2,1H3/t13-,15-/m0/s1. The third-order valence-corrected chi connectivity index (χ3v) is 6.20. The second-order valence-corrected chi connectivity index (χ2v) is 8.29. The molecule has 1 aromatic heterocycles. The first kappa shape index (κ1) is 17.0. The van der Waals surface area contributed by atoms with Gasteiger partial charge in [-0.2, -0.15) is 0 Å². The molecule has 25 heavy (non-hydrogen) atoms. The Morgan fingerprint density at radius 3 is 2.80 bits per heavy atom. The second-order valence-electron chi connectivity index (χ2n) is 6.77. The molecule has 2 aliphatic rings. The molecule has 2 aliphatic heterocycles. The third-order valence-electron chi connectivity index (χ3n) is 5.02. The van der Waals surface area contributed by atoms with Gasteiger partial charge < -0.3 is 9.32 Å². The van der Waals surface area contributed by atoms with Crippen molar-refractivity contribution in [3.8, 4) is 0 Å². The van der Waals surface area contributed by atoms with E-state index in [9.17, 15) is 4.79 Å². The summed E-state index contributed by atoms with van der Waals surface area (Å²) in [5.41, 5.74) is 0. The highest BCUT2D eigenvalue weighted by atomic mass is 35.5. The molecular weight excluding hydrogens is 356 g/mol. The van der Waals surface area contributed by atoms with Gasteiger partial charge in [0.25, 0.3) is 5.91 Å². The molecule has 2 fully saturated rings. The van der Waals surface area contributed by atoms with Gasteiger partial charge in [0.05, 0.1) is 0 Å². The Balaban J connectivity index is 1.45. The average molecular weight is 377 g/mol. The molecular formula is C19H21ClN2O2S. The van der Waals surface area contributed by atoms with E-state index in [0.29, 0.717) is 16.8 Å². The van der Waals surface area contributed by atoms with Crippen molar-refractivity contribution in [2.45, 2.75) is 41.8 Å². The minimum absolute atomic E-state index is 0.00186. The number of nitrogens with zero attached hydrogens (tertiary/aromatic N) is 2. The van der Waals surface area contributed by atoms with Crippen molar-refractivity contribution >= 4 is 29.3 Å². The Labute approximate surface area is 157 Å². The van der Waals surface area contributed by atoms with Crippen LogP contribution in [0.2, 0.25) is 5.02 Å². The van der Waals surface area contributed by atoms with Crippen molar-refractivity contribution in [1.82, 2.24) is 9.80 Å². The van der Waals surface area contributed by atoms with Gasteiger partial charge in [0, 0.05) is 35.1 Å². The molecule has 2 saturated heterocycles. The van der Waals surface area contributed by atoms with E-state index in [1.165, 1.54) is 31.1 Å². The fraction of sp³-hybridized carbons (Fsp3) is 0.421. The van der Waals surface area contributed by atoms with E-state index in [4.69, 9.17) is 16.0 Å². The number of halogens is 1. The summed E-state index contributed by atoms with van der Waals surface area (Å²) in [6.45, 7) is 5.06. The van der Waals surface area contributed by atoms with E-state index in [0.717, 1.165) is 23.1 Å². The zero-order valence-corrected chi connectivity index (χ0v) is 15.7. The monoisotopic (exact) mass is 376 g/mol. The van der Waals surface area contributed by atoms with Gasteiger partial charge in [-0.1, -0.05) is 23.4 Å². The molecule has 1 amide bonds. The molecule has 0 aliphatic carbocycles. The number of carbonyl (C=O) groups excluding carboxylic acids is 1. The maximum atomic E-state index is 12.9. The number of fused-ring (bicyclic) bond motifs is 1. The van der Waals surface area contributed by atoms with E-state index < -0.39 is 0 Å². The van der Waals surface area contributed by atoms with Crippen molar-refractivity contribution in [2.24, 2.45) is 0 Å². The van der Waals surface area contributed by atoms with Gasteiger partial charge in [-0.3, -0.25) is 9.69 Å². The average Bonchev–Trinajstić information content (AvgIpc) is 3.24. The Morgan fingerprint density at radius 1 is 1.20 bits per heavy atom. The molecule has 2 atom stereocenters. The fourth-order valence-corrected chi connectivity index (χ4v) is 4.62. The van der Waals surface area contributed by atoms with Gasteiger partial charge in [0.15, 0.2) is 10.9 Å². The number of hydrogen-bond acceptors (Lipinski definition) is 4. The molecule has 4 rings (SSSR count). The van der Waals surface area contributed by atoms with E-state index in [1.54, 1.807) is 6.07 Å². The van der Waals surface area contributed by atoms with Gasteiger partial charge >= 0.3 is 0 Å². The van der Waals surface area contributed by atoms with E-state index in [1.807, 2.05) is 35.2 Å². The molecule has 0 saturated carbocycles. The molecule has 4 nitrogen and oxygen atoms in total. The zero-order valence-electron chi connectivity index (χ0n) is 14.2. The Kier molecular flexibility index (Phi) is 4.80. The molecule has 0 unspecified atom stereocenters. The Morgan fingerprint density at radius 2 is 2.00 bits per heavy atom. The summed E-state index contributed by atoms with van der Waals surface area (Å²) >= 11 is 7.41. The lowest BCUT2D eigenvalue weighted by Gasteiger charge is -2.41. The number of hydrogen-bond donors (Lipinski definition) is 0. The predicted molar refractivity (Wildman–Crippen MR) is 99.4 cm³/mol. The molecule has 0 radical (unpaired) electrons. The third kappa shape index (κ3) is 3.59. The quantitative estimate of drug-likeness (QED) is 0.795. The van der Waals surface area contributed by atoms with E-state index in [-0.39, 0.29) is 11.9 Å². The first-order valence-electron chi connectivity index (χ1n) is 8.68. The van der Waals surface area contributed by atoms with Gasteiger partial charge in [-0.15, -0.1) is 0 Å². The second kappa shape index (κ2) is 7.06. The van der Waals surface area contributed by atoms with Crippen LogP contribution in [0.3, 0.4) is 0 Å². The maximum absolute atomic E-state index is 12.9. The summed E-state index contributed by atoms with van der Waals surface area (Å²) in [6.07, 6.45) is 2.42. The molecule has 0 bridgehead atoms. The van der Waals surface area contributed by atoms with Crippen LogP contribution in [-0.4, -0.2) is 47.4 Å². The van der Waals surface area contributed by atoms with Crippen LogP contribution in [0.25, 0.3) is 0 Å². The van der Waals surface area contributed by atoms with Crippen LogP contribution >= 0.6 is 23.4 Å².